The fraction of sp³-hybridized carbons (Fsp3) is 0.870. The van der Waals surface area contributed by atoms with Crippen molar-refractivity contribution in [3.8, 4) is 0 Å². The molecule has 3 N–H and O–H groups in total. The molecule has 0 aromatic carbocycles. The van der Waals surface area contributed by atoms with Crippen LogP contribution < -0.4 is 0 Å². The van der Waals surface area contributed by atoms with Crippen LogP contribution in [0.15, 0.2) is 11.6 Å². The van der Waals surface area contributed by atoms with Gasteiger partial charge in [0.05, 0.1) is 17.8 Å². The van der Waals surface area contributed by atoms with Crippen molar-refractivity contribution in [1.82, 2.24) is 0 Å². The molecule has 0 unspecified atom stereocenters. The zero-order chi connectivity index (χ0) is 19.9. The highest BCUT2D eigenvalue weighted by molar-refractivity contribution is 5.85. The third-order valence-electron chi connectivity index (χ3n) is 9.89. The molecule has 0 aromatic rings. The summed E-state index contributed by atoms with van der Waals surface area (Å²) in [5.41, 5.74) is -0.250. The monoisotopic (exact) mass is 390 g/mol. The summed E-state index contributed by atoms with van der Waals surface area (Å²) in [4.78, 5) is 11.6. The van der Waals surface area contributed by atoms with Gasteiger partial charge in [0.1, 0.15) is 6.61 Å². The van der Waals surface area contributed by atoms with Gasteiger partial charge in [-0.1, -0.05) is 13.8 Å². The molecule has 5 nitrogen and oxygen atoms in total. The van der Waals surface area contributed by atoms with Crippen LogP contribution in [-0.2, 0) is 9.53 Å². The summed E-state index contributed by atoms with van der Waals surface area (Å²) in [5.74, 6) is 0.420. The number of aliphatic hydroxyl groups excluding tert-OH is 2. The molecule has 1 heterocycles. The molecule has 156 valence electrons. The Bertz CT molecular complexity index is 718. The van der Waals surface area contributed by atoms with E-state index in [9.17, 15) is 20.1 Å². The van der Waals surface area contributed by atoms with Crippen molar-refractivity contribution in [1.29, 1.82) is 0 Å². The topological polar surface area (TPSA) is 87.0 Å². The van der Waals surface area contributed by atoms with Crippen LogP contribution in [0.1, 0.15) is 65.2 Å². The first kappa shape index (κ1) is 19.1. The van der Waals surface area contributed by atoms with Gasteiger partial charge in [-0.05, 0) is 86.0 Å². The average molecular weight is 391 g/mol. The van der Waals surface area contributed by atoms with E-state index >= 15 is 0 Å². The van der Waals surface area contributed by atoms with Gasteiger partial charge in [-0.3, -0.25) is 0 Å². The summed E-state index contributed by atoms with van der Waals surface area (Å²) in [6, 6.07) is 0. The summed E-state index contributed by atoms with van der Waals surface area (Å²) in [7, 11) is 0. The van der Waals surface area contributed by atoms with Crippen molar-refractivity contribution in [2.75, 3.05) is 6.61 Å². The molecule has 0 spiro atoms. The number of carbonyl (C=O) groups excluding carboxylic acids is 1. The summed E-state index contributed by atoms with van der Waals surface area (Å²) < 4.78 is 5.17. The standard InChI is InChI=1S/C23H34O5/c1-21-7-5-15(24)10-14(21)3-4-17-20(21)18(25)11-22(2)16(6-8-23(17,22)27)13-9-19(26)28-12-13/h9,14-18,20,24-25,27H,3-8,10-12H2,1-2H3/t14-,15-,16-,17-,18+,20-,21-,22-,23-/m0/s1. The fourth-order valence-corrected chi connectivity index (χ4v) is 8.49. The Morgan fingerprint density at radius 1 is 1.11 bits per heavy atom. The number of hydrogen-bond acceptors (Lipinski definition) is 5. The third-order valence-corrected chi connectivity index (χ3v) is 9.89. The smallest absolute Gasteiger partial charge is 0.331 e. The van der Waals surface area contributed by atoms with Crippen LogP contribution in [-0.4, -0.2) is 45.7 Å². The molecular weight excluding hydrogens is 356 g/mol. The van der Waals surface area contributed by atoms with Gasteiger partial charge < -0.3 is 20.1 Å². The molecule has 0 amide bonds. The predicted molar refractivity (Wildman–Crippen MR) is 103 cm³/mol. The molecule has 4 fully saturated rings. The highest BCUT2D eigenvalue weighted by Gasteiger charge is 2.69. The van der Waals surface area contributed by atoms with E-state index in [4.69, 9.17) is 4.74 Å². The first-order valence-electron chi connectivity index (χ1n) is 11.1. The van der Waals surface area contributed by atoms with Gasteiger partial charge >= 0.3 is 5.97 Å². The zero-order valence-electron chi connectivity index (χ0n) is 17.1. The van der Waals surface area contributed by atoms with Crippen LogP contribution in [0.25, 0.3) is 0 Å². The highest BCUT2D eigenvalue weighted by Crippen LogP contribution is 2.69. The summed E-state index contributed by atoms with van der Waals surface area (Å²) in [6.45, 7) is 4.76. The molecule has 28 heavy (non-hydrogen) atoms. The maximum atomic E-state index is 12.1. The molecule has 0 aromatic heterocycles. The Labute approximate surface area is 167 Å². The summed E-state index contributed by atoms with van der Waals surface area (Å²) >= 11 is 0. The van der Waals surface area contributed by atoms with Crippen LogP contribution in [0.2, 0.25) is 0 Å². The quantitative estimate of drug-likeness (QED) is 0.599. The molecule has 9 atom stereocenters. The minimum Gasteiger partial charge on any atom is -0.458 e. The van der Waals surface area contributed by atoms with Crippen LogP contribution in [0.4, 0.5) is 0 Å². The minimum atomic E-state index is -0.807. The van der Waals surface area contributed by atoms with Crippen molar-refractivity contribution < 1.29 is 24.9 Å². The van der Waals surface area contributed by atoms with Crippen LogP contribution in [0, 0.1) is 34.5 Å². The molecule has 5 heteroatoms. The van der Waals surface area contributed by atoms with E-state index in [0.29, 0.717) is 18.9 Å². The first-order valence-corrected chi connectivity index (χ1v) is 11.1. The molecule has 5 rings (SSSR count). The number of ether oxygens (including phenoxy) is 1. The third kappa shape index (κ3) is 2.33. The molecule has 4 saturated carbocycles. The number of fused-ring (bicyclic) bond motifs is 5. The van der Waals surface area contributed by atoms with Gasteiger partial charge in [0.15, 0.2) is 0 Å². The van der Waals surface area contributed by atoms with E-state index in [2.05, 4.69) is 13.8 Å². The number of hydrogen-bond donors (Lipinski definition) is 3. The Kier molecular flexibility index (Phi) is 4.12. The van der Waals surface area contributed by atoms with Crippen molar-refractivity contribution in [3.05, 3.63) is 11.6 Å². The largest absolute Gasteiger partial charge is 0.458 e. The summed E-state index contributed by atoms with van der Waals surface area (Å²) in [6.07, 6.45) is 7.61. The zero-order valence-corrected chi connectivity index (χ0v) is 17.1. The Hall–Kier alpha value is -0.910. The highest BCUT2D eigenvalue weighted by atomic mass is 16.5. The van der Waals surface area contributed by atoms with Gasteiger partial charge in [-0.25, -0.2) is 4.79 Å². The second-order valence-electron chi connectivity index (χ2n) is 10.9. The number of rotatable bonds is 1. The van der Waals surface area contributed by atoms with E-state index in [1.54, 1.807) is 6.08 Å². The van der Waals surface area contributed by atoms with Gasteiger partial charge in [-0.2, -0.15) is 0 Å². The Balaban J connectivity index is 1.51. The Morgan fingerprint density at radius 3 is 2.61 bits per heavy atom. The lowest BCUT2D eigenvalue weighted by molar-refractivity contribution is -0.242. The molecular formula is C23H34O5. The van der Waals surface area contributed by atoms with Crippen LogP contribution in [0.5, 0.6) is 0 Å². The van der Waals surface area contributed by atoms with Crippen molar-refractivity contribution >= 4 is 5.97 Å². The van der Waals surface area contributed by atoms with Gasteiger partial charge in [0.25, 0.3) is 0 Å². The first-order chi connectivity index (χ1) is 13.2. The molecule has 1 aliphatic heterocycles. The fourth-order valence-electron chi connectivity index (χ4n) is 8.49. The van der Waals surface area contributed by atoms with E-state index in [1.807, 2.05) is 0 Å². The van der Waals surface area contributed by atoms with E-state index < -0.39 is 17.1 Å². The van der Waals surface area contributed by atoms with Gasteiger partial charge in [-0.15, -0.1) is 0 Å². The second kappa shape index (κ2) is 6.05. The lowest BCUT2D eigenvalue weighted by Crippen LogP contribution is -2.66. The Morgan fingerprint density at radius 2 is 1.89 bits per heavy atom. The van der Waals surface area contributed by atoms with Crippen LogP contribution in [0.3, 0.4) is 0 Å². The minimum absolute atomic E-state index is 0.0115. The van der Waals surface area contributed by atoms with Gasteiger partial charge in [0.2, 0.25) is 0 Å². The molecule has 0 radical (unpaired) electrons. The SMILES string of the molecule is C[C@]12CC[C@H](O)C[C@@H]1CC[C@H]1[C@H]2[C@H](O)C[C@@]2(C)[C@H](C3=CC(=O)OC3)CC[C@]12O. The molecule has 5 aliphatic rings. The number of cyclic esters (lactones) is 1. The maximum Gasteiger partial charge on any atom is 0.331 e. The molecule has 0 saturated heterocycles. The van der Waals surface area contributed by atoms with Crippen LogP contribution >= 0.6 is 0 Å². The second-order valence-corrected chi connectivity index (χ2v) is 10.9. The van der Waals surface area contributed by atoms with Crippen molar-refractivity contribution in [2.24, 2.45) is 34.5 Å². The number of esters is 1. The van der Waals surface area contributed by atoms with Crippen molar-refractivity contribution in [3.63, 3.8) is 0 Å². The average Bonchev–Trinajstić information content (AvgIpc) is 3.16. The van der Waals surface area contributed by atoms with E-state index in [-0.39, 0.29) is 35.2 Å². The predicted octanol–water partition coefficient (Wildman–Crippen LogP) is 2.58. The normalized spacial score (nSPS) is 55.8. The van der Waals surface area contributed by atoms with Gasteiger partial charge in [0, 0.05) is 11.5 Å². The molecule has 4 aliphatic carbocycles. The maximum absolute atomic E-state index is 12.1. The lowest BCUT2D eigenvalue weighted by atomic mass is 9.42. The number of carbonyl (C=O) groups is 1. The lowest BCUT2D eigenvalue weighted by Gasteiger charge is -2.65. The van der Waals surface area contributed by atoms with E-state index in [1.165, 1.54) is 0 Å². The summed E-state index contributed by atoms with van der Waals surface area (Å²) in [5, 5.41) is 33.7. The van der Waals surface area contributed by atoms with Crippen molar-refractivity contribution in [2.45, 2.75) is 83.0 Å². The van der Waals surface area contributed by atoms with E-state index in [0.717, 1.165) is 50.5 Å². The number of aliphatic hydroxyl groups is 3. The molecule has 0 bridgehead atoms.